The third-order valence-corrected chi connectivity index (χ3v) is 7.05. The molecule has 1 aliphatic carbocycles. The van der Waals surface area contributed by atoms with Gasteiger partial charge in [0, 0.05) is 6.54 Å². The van der Waals surface area contributed by atoms with Gasteiger partial charge >= 0.3 is 5.92 Å². The molecule has 1 amide bonds. The number of halogens is 2. The Morgan fingerprint density at radius 1 is 1.14 bits per heavy atom. The number of nitrogens with zero attached hydrogens (tertiary/aromatic N) is 3. The van der Waals surface area contributed by atoms with Crippen LogP contribution < -0.4 is 9.47 Å². The molecule has 2 fully saturated rings. The molecule has 2 aromatic rings. The molecular formula is C26H35F2N3O5. The summed E-state index contributed by atoms with van der Waals surface area (Å²) in [6, 6.07) is 6.29. The van der Waals surface area contributed by atoms with E-state index >= 15 is 8.78 Å². The highest BCUT2D eigenvalue weighted by Crippen LogP contribution is 2.55. The normalized spacial score (nSPS) is 22.9. The van der Waals surface area contributed by atoms with Crippen LogP contribution in [0.4, 0.5) is 8.78 Å². The molecule has 0 unspecified atom stereocenters. The Kier molecular flexibility index (Phi) is 6.79. The lowest BCUT2D eigenvalue weighted by molar-refractivity contribution is -0.231. The number of hydrogen-bond acceptors (Lipinski definition) is 7. The molecule has 1 aromatic carbocycles. The smallest absolute Gasteiger partial charge is 0.352 e. The van der Waals surface area contributed by atoms with Gasteiger partial charge in [-0.25, -0.2) is 0 Å². The van der Waals surface area contributed by atoms with E-state index in [2.05, 4.69) is 10.2 Å². The van der Waals surface area contributed by atoms with E-state index in [0.29, 0.717) is 30.8 Å². The second-order valence-corrected chi connectivity index (χ2v) is 11.6. The molecular weight excluding hydrogens is 472 g/mol. The van der Waals surface area contributed by atoms with Gasteiger partial charge in [0.1, 0.15) is 11.6 Å². The number of amides is 1. The number of ether oxygens (including phenoxy) is 2. The minimum absolute atomic E-state index is 0.0475. The second kappa shape index (κ2) is 9.28. The highest BCUT2D eigenvalue weighted by atomic mass is 19.3. The van der Waals surface area contributed by atoms with Crippen LogP contribution in [0.15, 0.2) is 28.7 Å². The van der Waals surface area contributed by atoms with Gasteiger partial charge < -0.3 is 23.9 Å². The Hall–Kier alpha value is -2.75. The number of likely N-dealkylation sites (tertiary alicyclic amines) is 1. The van der Waals surface area contributed by atoms with Gasteiger partial charge in [-0.1, -0.05) is 39.8 Å². The summed E-state index contributed by atoms with van der Waals surface area (Å²) in [5.74, 6) is -4.10. The molecule has 0 radical (unpaired) electrons. The molecule has 1 saturated carbocycles. The Balaban J connectivity index is 1.50. The van der Waals surface area contributed by atoms with Crippen LogP contribution in [0.1, 0.15) is 77.6 Å². The second-order valence-electron chi connectivity index (χ2n) is 11.6. The maximum Gasteiger partial charge on any atom is 0.352 e. The fraction of sp³-hybridized carbons (Fsp3) is 0.654. The summed E-state index contributed by atoms with van der Waals surface area (Å²) >= 11 is 0. The predicted molar refractivity (Wildman–Crippen MR) is 127 cm³/mol. The van der Waals surface area contributed by atoms with Crippen molar-refractivity contribution in [2.75, 3.05) is 13.7 Å². The van der Waals surface area contributed by atoms with Gasteiger partial charge in [-0.15, -0.1) is 10.2 Å². The van der Waals surface area contributed by atoms with Crippen LogP contribution in [0.3, 0.4) is 0 Å². The molecule has 1 aromatic heterocycles. The molecule has 10 heteroatoms. The molecule has 1 atom stereocenters. The molecule has 1 N–H and O–H groups in total. The zero-order valence-corrected chi connectivity index (χ0v) is 21.5. The van der Waals surface area contributed by atoms with Crippen LogP contribution in [0.25, 0.3) is 0 Å². The average Bonchev–Trinajstić information content (AvgIpc) is 3.44. The van der Waals surface area contributed by atoms with Crippen LogP contribution in [0, 0.1) is 10.8 Å². The maximum absolute atomic E-state index is 15.8. The number of carbonyl (C=O) groups excluding carboxylic acids is 1. The van der Waals surface area contributed by atoms with Crippen LogP contribution in [0.2, 0.25) is 0 Å². The number of aliphatic hydroxyl groups is 1. The lowest BCUT2D eigenvalue weighted by Gasteiger charge is -2.51. The van der Waals surface area contributed by atoms with Crippen molar-refractivity contribution in [1.82, 2.24) is 15.1 Å². The molecule has 1 saturated heterocycles. The fourth-order valence-corrected chi connectivity index (χ4v) is 6.27. The quantitative estimate of drug-likeness (QED) is 0.568. The van der Waals surface area contributed by atoms with E-state index in [0.717, 1.165) is 4.90 Å². The topological polar surface area (TPSA) is 97.9 Å². The van der Waals surface area contributed by atoms with E-state index in [1.807, 2.05) is 33.8 Å². The third kappa shape index (κ3) is 5.05. The van der Waals surface area contributed by atoms with E-state index in [1.165, 1.54) is 7.11 Å². The number of hydrogen-bond donors (Lipinski definition) is 1. The molecule has 36 heavy (non-hydrogen) atoms. The van der Waals surface area contributed by atoms with Crippen molar-refractivity contribution in [1.29, 1.82) is 0 Å². The maximum atomic E-state index is 15.8. The van der Waals surface area contributed by atoms with E-state index in [1.54, 1.807) is 18.2 Å². The van der Waals surface area contributed by atoms with Gasteiger partial charge in [-0.3, -0.25) is 4.79 Å². The van der Waals surface area contributed by atoms with Crippen molar-refractivity contribution in [2.24, 2.45) is 10.8 Å². The predicted octanol–water partition coefficient (Wildman–Crippen LogP) is 4.92. The summed E-state index contributed by atoms with van der Waals surface area (Å²) in [4.78, 5) is 14.3. The zero-order chi connectivity index (χ0) is 26.4. The number of para-hydroxylation sites is 2. The molecule has 8 nitrogen and oxygen atoms in total. The minimum Gasteiger partial charge on any atom is -0.493 e. The highest BCUT2D eigenvalue weighted by Gasteiger charge is 2.65. The number of benzene rings is 1. The zero-order valence-electron chi connectivity index (χ0n) is 21.5. The van der Waals surface area contributed by atoms with Crippen LogP contribution in [0.5, 0.6) is 11.5 Å². The highest BCUT2D eigenvalue weighted by molar-refractivity contribution is 5.85. The monoisotopic (exact) mass is 507 g/mol. The summed E-state index contributed by atoms with van der Waals surface area (Å²) in [6.45, 7) is 7.48. The molecule has 2 heterocycles. The van der Waals surface area contributed by atoms with Crippen molar-refractivity contribution in [3.63, 3.8) is 0 Å². The third-order valence-electron chi connectivity index (χ3n) is 7.05. The van der Waals surface area contributed by atoms with Gasteiger partial charge in [-0.05, 0) is 55.1 Å². The Labute approximate surface area is 210 Å². The van der Waals surface area contributed by atoms with Crippen LogP contribution >= 0.6 is 0 Å². The van der Waals surface area contributed by atoms with Crippen molar-refractivity contribution in [3.8, 4) is 11.5 Å². The summed E-state index contributed by atoms with van der Waals surface area (Å²) < 4.78 is 48.2. The molecule has 0 bridgehead atoms. The van der Waals surface area contributed by atoms with Gasteiger partial charge in [0.05, 0.1) is 7.11 Å². The fourth-order valence-electron chi connectivity index (χ4n) is 6.27. The van der Waals surface area contributed by atoms with Crippen molar-refractivity contribution in [2.45, 2.75) is 84.0 Å². The summed E-state index contributed by atoms with van der Waals surface area (Å²) in [6.07, 6.45) is 1.28. The first-order valence-corrected chi connectivity index (χ1v) is 12.3. The summed E-state index contributed by atoms with van der Waals surface area (Å²) in [5, 5.41) is 19.2. The van der Waals surface area contributed by atoms with Crippen molar-refractivity contribution < 1.29 is 32.6 Å². The standard InChI is InChI=1S/C26H35F2N3O5/c1-23(2)14-24(3,4)16-25(33,15-23)26(27,28)22(32)31-12-8-9-17(31)21-30-29-20(36-21)13-35-19-11-7-6-10-18(19)34-5/h6-7,10-11,17,33H,8-9,12-16H2,1-5H3/t17-/m0/s1. The molecule has 198 valence electrons. The minimum atomic E-state index is -3.96. The molecule has 0 spiro atoms. The lowest BCUT2D eigenvalue weighted by Crippen LogP contribution is -2.62. The first-order valence-electron chi connectivity index (χ1n) is 12.3. The first-order chi connectivity index (χ1) is 16.8. The van der Waals surface area contributed by atoms with Gasteiger partial charge in [0.2, 0.25) is 5.89 Å². The van der Waals surface area contributed by atoms with Gasteiger partial charge in [0.15, 0.2) is 18.1 Å². The van der Waals surface area contributed by atoms with Crippen molar-refractivity contribution >= 4 is 5.91 Å². The SMILES string of the molecule is COc1ccccc1OCc1nnc([C@@H]2CCCN2C(=O)C(F)(F)C2(O)CC(C)(C)CC(C)(C)C2)o1. The van der Waals surface area contributed by atoms with Gasteiger partial charge in [0.25, 0.3) is 11.8 Å². The molecule has 1 aliphatic heterocycles. The number of carbonyl (C=O) groups is 1. The van der Waals surface area contributed by atoms with E-state index in [4.69, 9.17) is 13.9 Å². The number of methoxy groups -OCH3 is 1. The van der Waals surface area contributed by atoms with E-state index < -0.39 is 34.3 Å². The van der Waals surface area contributed by atoms with Crippen LogP contribution in [-0.4, -0.2) is 51.3 Å². The molecule has 4 rings (SSSR count). The van der Waals surface area contributed by atoms with E-state index in [9.17, 15) is 9.90 Å². The van der Waals surface area contributed by atoms with E-state index in [-0.39, 0.29) is 37.8 Å². The number of alkyl halides is 2. The molecule has 2 aliphatic rings. The van der Waals surface area contributed by atoms with Crippen molar-refractivity contribution in [3.05, 3.63) is 36.0 Å². The first kappa shape index (κ1) is 26.3. The largest absolute Gasteiger partial charge is 0.493 e. The Morgan fingerprint density at radius 2 is 1.78 bits per heavy atom. The summed E-state index contributed by atoms with van der Waals surface area (Å²) in [7, 11) is 1.53. The Bertz CT molecular complexity index is 1080. The summed E-state index contributed by atoms with van der Waals surface area (Å²) in [5.41, 5.74) is -3.51. The average molecular weight is 508 g/mol. The lowest BCUT2D eigenvalue weighted by atomic mass is 9.58. The Morgan fingerprint density at radius 3 is 2.42 bits per heavy atom. The van der Waals surface area contributed by atoms with Gasteiger partial charge in [-0.2, -0.15) is 8.78 Å². The number of aromatic nitrogens is 2. The number of rotatable bonds is 7. The van der Waals surface area contributed by atoms with Crippen LogP contribution in [-0.2, 0) is 11.4 Å².